The van der Waals surface area contributed by atoms with Crippen molar-refractivity contribution >= 4 is 16.1 Å². The second-order valence-corrected chi connectivity index (χ2v) is 6.77. The Morgan fingerprint density at radius 3 is 2.72 bits per heavy atom. The first-order valence-corrected chi connectivity index (χ1v) is 7.99. The van der Waals surface area contributed by atoms with Crippen LogP contribution in [0.25, 0.3) is 0 Å². The molecular formula is C11H21N3O3S. The highest BCUT2D eigenvalue weighted by Crippen LogP contribution is 2.19. The van der Waals surface area contributed by atoms with Crippen LogP contribution in [0.4, 0.5) is 0 Å². The molecule has 0 saturated carbocycles. The van der Waals surface area contributed by atoms with E-state index in [1.54, 1.807) is 4.31 Å². The number of amides is 1. The number of piperidine rings is 2. The highest BCUT2D eigenvalue weighted by molar-refractivity contribution is 7.87. The van der Waals surface area contributed by atoms with Crippen LogP contribution in [0, 0.1) is 0 Å². The van der Waals surface area contributed by atoms with Crippen LogP contribution in [0.3, 0.4) is 0 Å². The van der Waals surface area contributed by atoms with Crippen molar-refractivity contribution in [3.05, 3.63) is 0 Å². The van der Waals surface area contributed by atoms with Crippen molar-refractivity contribution < 1.29 is 13.2 Å². The molecule has 0 aromatic rings. The van der Waals surface area contributed by atoms with Crippen LogP contribution in [0.5, 0.6) is 0 Å². The maximum atomic E-state index is 12.2. The lowest BCUT2D eigenvalue weighted by atomic mass is 10.1. The van der Waals surface area contributed by atoms with Crippen molar-refractivity contribution in [3.8, 4) is 0 Å². The first-order chi connectivity index (χ1) is 8.49. The largest absolute Gasteiger partial charge is 0.355 e. The average Bonchev–Trinajstić information content (AvgIpc) is 2.32. The van der Waals surface area contributed by atoms with Gasteiger partial charge in [0.25, 0.3) is 10.2 Å². The van der Waals surface area contributed by atoms with Gasteiger partial charge in [-0.1, -0.05) is 6.42 Å². The van der Waals surface area contributed by atoms with Crippen LogP contribution in [-0.4, -0.2) is 43.8 Å². The molecule has 2 heterocycles. The normalized spacial score (nSPS) is 31.1. The second kappa shape index (κ2) is 5.54. The predicted molar refractivity (Wildman–Crippen MR) is 68.1 cm³/mol. The van der Waals surface area contributed by atoms with Crippen molar-refractivity contribution in [3.63, 3.8) is 0 Å². The predicted octanol–water partition coefficient (Wildman–Crippen LogP) is -0.0262. The highest BCUT2D eigenvalue weighted by atomic mass is 32.2. The topological polar surface area (TPSA) is 78.5 Å². The summed E-state index contributed by atoms with van der Waals surface area (Å²) in [6.45, 7) is 2.93. The van der Waals surface area contributed by atoms with Crippen LogP contribution in [0.2, 0.25) is 0 Å². The van der Waals surface area contributed by atoms with Gasteiger partial charge in [-0.15, -0.1) is 0 Å². The molecule has 7 heteroatoms. The fourth-order valence-corrected chi connectivity index (χ4v) is 4.25. The Kier molecular flexibility index (Phi) is 4.24. The van der Waals surface area contributed by atoms with Gasteiger partial charge in [0.2, 0.25) is 5.91 Å². The van der Waals surface area contributed by atoms with E-state index in [9.17, 15) is 13.2 Å². The van der Waals surface area contributed by atoms with Gasteiger partial charge in [-0.25, -0.2) is 0 Å². The smallest absolute Gasteiger partial charge is 0.280 e. The third kappa shape index (κ3) is 3.21. The van der Waals surface area contributed by atoms with Gasteiger partial charge >= 0.3 is 0 Å². The number of rotatable bonds is 3. The van der Waals surface area contributed by atoms with Crippen molar-refractivity contribution in [1.82, 2.24) is 14.3 Å². The fourth-order valence-electron chi connectivity index (χ4n) is 2.54. The van der Waals surface area contributed by atoms with E-state index in [1.807, 2.05) is 6.92 Å². The molecule has 1 amide bonds. The number of nitrogens with zero attached hydrogens (tertiary/aromatic N) is 1. The summed E-state index contributed by atoms with van der Waals surface area (Å²) in [6, 6.07) is -0.115. The molecule has 2 saturated heterocycles. The first kappa shape index (κ1) is 13.8. The molecule has 0 aromatic heterocycles. The summed E-state index contributed by atoms with van der Waals surface area (Å²) in [5, 5.41) is 2.68. The number of nitrogens with one attached hydrogen (secondary N) is 2. The molecule has 2 aliphatic rings. The van der Waals surface area contributed by atoms with Crippen LogP contribution in [-0.2, 0) is 15.0 Å². The molecule has 0 aromatic carbocycles. The molecule has 2 aliphatic heterocycles. The summed E-state index contributed by atoms with van der Waals surface area (Å²) in [5.74, 6) is -0.00297. The number of hydrogen-bond acceptors (Lipinski definition) is 3. The molecular weight excluding hydrogens is 254 g/mol. The minimum atomic E-state index is -3.42. The number of carbonyl (C=O) groups excluding carboxylic acids is 1. The Morgan fingerprint density at radius 1 is 1.33 bits per heavy atom. The molecule has 2 atom stereocenters. The van der Waals surface area contributed by atoms with E-state index in [0.717, 1.165) is 19.3 Å². The maximum absolute atomic E-state index is 12.2. The van der Waals surface area contributed by atoms with E-state index >= 15 is 0 Å². The van der Waals surface area contributed by atoms with Crippen molar-refractivity contribution in [2.24, 2.45) is 0 Å². The second-order valence-electron chi connectivity index (χ2n) is 5.12. The van der Waals surface area contributed by atoms with Crippen molar-refractivity contribution in [2.45, 2.75) is 51.1 Å². The quantitative estimate of drug-likeness (QED) is 0.759. The van der Waals surface area contributed by atoms with E-state index in [-0.39, 0.29) is 18.0 Å². The van der Waals surface area contributed by atoms with Gasteiger partial charge in [0.1, 0.15) is 0 Å². The lowest BCUT2D eigenvalue weighted by Gasteiger charge is -2.34. The fraction of sp³-hybridized carbons (Fsp3) is 0.909. The summed E-state index contributed by atoms with van der Waals surface area (Å²) >= 11 is 0. The number of hydrogen-bond donors (Lipinski definition) is 2. The minimum Gasteiger partial charge on any atom is -0.355 e. The van der Waals surface area contributed by atoms with Crippen molar-refractivity contribution in [2.75, 3.05) is 13.1 Å². The van der Waals surface area contributed by atoms with Crippen molar-refractivity contribution in [1.29, 1.82) is 0 Å². The van der Waals surface area contributed by atoms with E-state index in [0.29, 0.717) is 25.9 Å². The monoisotopic (exact) mass is 275 g/mol. The zero-order chi connectivity index (χ0) is 13.2. The maximum Gasteiger partial charge on any atom is 0.280 e. The van der Waals surface area contributed by atoms with Gasteiger partial charge in [-0.3, -0.25) is 4.79 Å². The SMILES string of the molecule is CC1CCCCN1S(=O)(=O)NC1CCC(=O)NC1. The zero-order valence-electron chi connectivity index (χ0n) is 10.7. The van der Waals surface area contributed by atoms with Gasteiger partial charge < -0.3 is 5.32 Å². The molecule has 2 fully saturated rings. The highest BCUT2D eigenvalue weighted by Gasteiger charge is 2.32. The van der Waals surface area contributed by atoms with E-state index in [4.69, 9.17) is 0 Å². The zero-order valence-corrected chi connectivity index (χ0v) is 11.5. The Labute approximate surface area is 108 Å². The van der Waals surface area contributed by atoms with Crippen LogP contribution >= 0.6 is 0 Å². The standard InChI is InChI=1S/C11H21N3O3S/c1-9-4-2-3-7-14(9)18(16,17)13-10-5-6-11(15)12-8-10/h9-10,13H,2-8H2,1H3,(H,12,15). The van der Waals surface area contributed by atoms with E-state index < -0.39 is 10.2 Å². The first-order valence-electron chi connectivity index (χ1n) is 6.55. The third-order valence-electron chi connectivity index (χ3n) is 3.63. The molecule has 0 spiro atoms. The Hall–Kier alpha value is -0.660. The molecule has 0 aliphatic carbocycles. The molecule has 6 nitrogen and oxygen atoms in total. The van der Waals surface area contributed by atoms with Crippen LogP contribution in [0.15, 0.2) is 0 Å². The van der Waals surface area contributed by atoms with Gasteiger partial charge in [0, 0.05) is 31.6 Å². The Bertz CT molecular complexity index is 400. The van der Waals surface area contributed by atoms with Gasteiger partial charge in [0.15, 0.2) is 0 Å². The Balaban J connectivity index is 1.96. The molecule has 2 N–H and O–H groups in total. The van der Waals surface area contributed by atoms with Gasteiger partial charge in [-0.05, 0) is 26.2 Å². The molecule has 18 heavy (non-hydrogen) atoms. The summed E-state index contributed by atoms with van der Waals surface area (Å²) in [7, 11) is -3.42. The molecule has 0 bridgehead atoms. The summed E-state index contributed by atoms with van der Waals surface area (Å²) < 4.78 is 28.7. The van der Waals surface area contributed by atoms with Gasteiger partial charge in [0.05, 0.1) is 0 Å². The van der Waals surface area contributed by atoms with E-state index in [1.165, 1.54) is 0 Å². The lowest BCUT2D eigenvalue weighted by Crippen LogP contribution is -2.54. The molecule has 2 unspecified atom stereocenters. The van der Waals surface area contributed by atoms with E-state index in [2.05, 4.69) is 10.0 Å². The molecule has 104 valence electrons. The lowest BCUT2D eigenvalue weighted by molar-refractivity contribution is -0.122. The van der Waals surface area contributed by atoms with Gasteiger partial charge in [-0.2, -0.15) is 17.4 Å². The minimum absolute atomic E-state index is 0.00297. The third-order valence-corrected chi connectivity index (χ3v) is 5.42. The molecule has 2 rings (SSSR count). The summed E-state index contributed by atoms with van der Waals surface area (Å²) in [5.41, 5.74) is 0. The van der Waals surface area contributed by atoms with Crippen LogP contribution in [0.1, 0.15) is 39.0 Å². The summed E-state index contributed by atoms with van der Waals surface area (Å²) in [4.78, 5) is 11.0. The average molecular weight is 275 g/mol. The molecule has 0 radical (unpaired) electrons. The summed E-state index contributed by atoms with van der Waals surface area (Å²) in [6.07, 6.45) is 3.90. The van der Waals surface area contributed by atoms with Crippen LogP contribution < -0.4 is 10.0 Å². The Morgan fingerprint density at radius 2 is 2.11 bits per heavy atom. The number of carbonyl (C=O) groups is 1.